The summed E-state index contributed by atoms with van der Waals surface area (Å²) in [7, 11) is 1.76. The van der Waals surface area contributed by atoms with Gasteiger partial charge in [-0.1, -0.05) is 48.0 Å². The maximum absolute atomic E-state index is 12.0. The zero-order valence-electron chi connectivity index (χ0n) is 17.7. The number of carbonyl (C=O) groups excluding carboxylic acids is 1. The lowest BCUT2D eigenvalue weighted by Crippen LogP contribution is -2.45. The van der Waals surface area contributed by atoms with Crippen LogP contribution in [-0.2, 0) is 11.3 Å². The van der Waals surface area contributed by atoms with Crippen molar-refractivity contribution in [3.63, 3.8) is 0 Å². The second-order valence-electron chi connectivity index (χ2n) is 7.42. The van der Waals surface area contributed by atoms with E-state index in [1.165, 1.54) is 11.3 Å². The number of halogens is 1. The number of amides is 1. The SMILES string of the molecule is CN=C(NCCC(=O)NCc1ccccc1)NC1CCN(c2ccc(C)cc2)C1.I. The van der Waals surface area contributed by atoms with Gasteiger partial charge in [0.15, 0.2) is 5.96 Å². The average molecular weight is 521 g/mol. The highest BCUT2D eigenvalue weighted by atomic mass is 127. The van der Waals surface area contributed by atoms with Crippen LogP contribution in [-0.4, -0.2) is 44.6 Å². The maximum atomic E-state index is 12.0. The van der Waals surface area contributed by atoms with Crippen molar-refractivity contribution in [3.05, 3.63) is 65.7 Å². The lowest BCUT2D eigenvalue weighted by atomic mass is 10.2. The number of nitrogens with one attached hydrogen (secondary N) is 3. The van der Waals surface area contributed by atoms with Crippen LogP contribution < -0.4 is 20.9 Å². The fraction of sp³-hybridized carbons (Fsp3) is 0.391. The Morgan fingerprint density at radius 2 is 1.83 bits per heavy atom. The first-order valence-electron chi connectivity index (χ1n) is 10.2. The number of aryl methyl sites for hydroxylation is 1. The fourth-order valence-electron chi connectivity index (χ4n) is 3.44. The fourth-order valence-corrected chi connectivity index (χ4v) is 3.44. The molecular formula is C23H32IN5O. The third kappa shape index (κ3) is 7.51. The Kier molecular flexibility index (Phi) is 9.93. The zero-order valence-corrected chi connectivity index (χ0v) is 20.1. The molecular weight excluding hydrogens is 489 g/mol. The number of rotatable bonds is 7. The largest absolute Gasteiger partial charge is 0.369 e. The van der Waals surface area contributed by atoms with Gasteiger partial charge in [-0.2, -0.15) is 0 Å². The number of anilines is 1. The second-order valence-corrected chi connectivity index (χ2v) is 7.42. The summed E-state index contributed by atoms with van der Waals surface area (Å²) in [5, 5.41) is 9.67. The molecule has 0 radical (unpaired) electrons. The monoisotopic (exact) mass is 521 g/mol. The molecule has 1 amide bonds. The first-order valence-corrected chi connectivity index (χ1v) is 10.2. The lowest BCUT2D eigenvalue weighted by Gasteiger charge is -2.20. The van der Waals surface area contributed by atoms with Crippen LogP contribution in [0.25, 0.3) is 0 Å². The molecule has 1 aliphatic rings. The summed E-state index contributed by atoms with van der Waals surface area (Å²) < 4.78 is 0. The molecule has 162 valence electrons. The first kappa shape index (κ1) is 24.0. The summed E-state index contributed by atoms with van der Waals surface area (Å²) in [5.74, 6) is 0.778. The molecule has 0 aromatic heterocycles. The normalized spacial score (nSPS) is 16.0. The van der Waals surface area contributed by atoms with E-state index in [1.54, 1.807) is 7.05 Å². The van der Waals surface area contributed by atoms with Gasteiger partial charge >= 0.3 is 0 Å². The van der Waals surface area contributed by atoms with E-state index in [0.29, 0.717) is 25.6 Å². The summed E-state index contributed by atoms with van der Waals surface area (Å²) >= 11 is 0. The van der Waals surface area contributed by atoms with Crippen molar-refractivity contribution in [2.75, 3.05) is 31.6 Å². The van der Waals surface area contributed by atoms with Gasteiger partial charge in [-0.05, 0) is 31.0 Å². The van der Waals surface area contributed by atoms with Crippen molar-refractivity contribution in [2.45, 2.75) is 32.4 Å². The van der Waals surface area contributed by atoms with E-state index in [0.717, 1.165) is 31.0 Å². The van der Waals surface area contributed by atoms with E-state index >= 15 is 0 Å². The van der Waals surface area contributed by atoms with Gasteiger partial charge in [0.25, 0.3) is 0 Å². The maximum Gasteiger partial charge on any atom is 0.222 e. The van der Waals surface area contributed by atoms with Crippen LogP contribution >= 0.6 is 24.0 Å². The molecule has 1 heterocycles. The first-order chi connectivity index (χ1) is 14.1. The van der Waals surface area contributed by atoms with Crippen LogP contribution in [0.15, 0.2) is 59.6 Å². The Bertz CT molecular complexity index is 810. The Morgan fingerprint density at radius 1 is 1.10 bits per heavy atom. The number of aliphatic imine (C=N–C) groups is 1. The summed E-state index contributed by atoms with van der Waals surface area (Å²) in [4.78, 5) is 18.7. The van der Waals surface area contributed by atoms with Gasteiger partial charge in [0, 0.05) is 51.4 Å². The number of nitrogens with zero attached hydrogens (tertiary/aromatic N) is 2. The standard InChI is InChI=1S/C23H31N5O.HI/c1-18-8-10-21(11-9-18)28-15-13-20(17-28)27-23(24-2)25-14-12-22(29)26-16-19-6-4-3-5-7-19;/h3-11,20H,12-17H2,1-2H3,(H,26,29)(H2,24,25,27);1H. The number of hydrogen-bond donors (Lipinski definition) is 3. The van der Waals surface area contributed by atoms with Crippen molar-refractivity contribution in [1.29, 1.82) is 0 Å². The van der Waals surface area contributed by atoms with E-state index in [2.05, 4.69) is 57.0 Å². The molecule has 0 bridgehead atoms. The predicted octanol–water partition coefficient (Wildman–Crippen LogP) is 3.06. The molecule has 1 saturated heterocycles. The smallest absolute Gasteiger partial charge is 0.222 e. The minimum atomic E-state index is 0. The molecule has 2 aromatic rings. The quantitative estimate of drug-likeness (QED) is 0.298. The number of carbonyl (C=O) groups is 1. The molecule has 1 unspecified atom stereocenters. The van der Waals surface area contributed by atoms with Gasteiger partial charge in [0.1, 0.15) is 0 Å². The van der Waals surface area contributed by atoms with Crippen LogP contribution in [0.2, 0.25) is 0 Å². The van der Waals surface area contributed by atoms with E-state index in [-0.39, 0.29) is 29.9 Å². The van der Waals surface area contributed by atoms with E-state index in [9.17, 15) is 4.79 Å². The van der Waals surface area contributed by atoms with Gasteiger partial charge in [-0.25, -0.2) is 0 Å². The van der Waals surface area contributed by atoms with Gasteiger partial charge in [0.05, 0.1) is 0 Å². The summed E-state index contributed by atoms with van der Waals surface area (Å²) in [6, 6.07) is 18.9. The van der Waals surface area contributed by atoms with E-state index < -0.39 is 0 Å². The third-order valence-electron chi connectivity index (χ3n) is 5.13. The summed E-state index contributed by atoms with van der Waals surface area (Å²) in [6.07, 6.45) is 1.47. The van der Waals surface area contributed by atoms with Crippen LogP contribution in [0.1, 0.15) is 24.0 Å². The minimum absolute atomic E-state index is 0. The van der Waals surface area contributed by atoms with Crippen molar-refractivity contribution < 1.29 is 4.79 Å². The number of hydrogen-bond acceptors (Lipinski definition) is 3. The van der Waals surface area contributed by atoms with Crippen LogP contribution in [0.5, 0.6) is 0 Å². The van der Waals surface area contributed by atoms with Crippen LogP contribution in [0, 0.1) is 6.92 Å². The van der Waals surface area contributed by atoms with Gasteiger partial charge in [-0.3, -0.25) is 9.79 Å². The topological polar surface area (TPSA) is 68.8 Å². The lowest BCUT2D eigenvalue weighted by molar-refractivity contribution is -0.121. The molecule has 1 atom stereocenters. The number of guanidine groups is 1. The van der Waals surface area contributed by atoms with Crippen molar-refractivity contribution >= 4 is 41.5 Å². The molecule has 1 aliphatic heterocycles. The number of benzene rings is 2. The van der Waals surface area contributed by atoms with Gasteiger partial charge in [-0.15, -0.1) is 24.0 Å². The second kappa shape index (κ2) is 12.4. The molecule has 3 N–H and O–H groups in total. The zero-order chi connectivity index (χ0) is 20.5. The minimum Gasteiger partial charge on any atom is -0.369 e. The van der Waals surface area contributed by atoms with E-state index in [1.807, 2.05) is 30.3 Å². The highest BCUT2D eigenvalue weighted by Crippen LogP contribution is 2.20. The average Bonchev–Trinajstić information content (AvgIpc) is 3.21. The van der Waals surface area contributed by atoms with Gasteiger partial charge in [0.2, 0.25) is 5.91 Å². The van der Waals surface area contributed by atoms with Crippen molar-refractivity contribution in [1.82, 2.24) is 16.0 Å². The van der Waals surface area contributed by atoms with Crippen molar-refractivity contribution in [2.24, 2.45) is 4.99 Å². The molecule has 7 heteroatoms. The Hall–Kier alpha value is -2.29. The van der Waals surface area contributed by atoms with Crippen molar-refractivity contribution in [3.8, 4) is 0 Å². The summed E-state index contributed by atoms with van der Waals surface area (Å²) in [5.41, 5.74) is 3.64. The highest BCUT2D eigenvalue weighted by molar-refractivity contribution is 14.0. The molecule has 6 nitrogen and oxygen atoms in total. The highest BCUT2D eigenvalue weighted by Gasteiger charge is 2.23. The molecule has 0 spiro atoms. The summed E-state index contributed by atoms with van der Waals surface area (Å²) in [6.45, 7) is 5.19. The molecule has 1 fully saturated rings. The Labute approximate surface area is 196 Å². The molecule has 30 heavy (non-hydrogen) atoms. The molecule has 3 rings (SSSR count). The third-order valence-corrected chi connectivity index (χ3v) is 5.13. The predicted molar refractivity (Wildman–Crippen MR) is 135 cm³/mol. The van der Waals surface area contributed by atoms with Crippen LogP contribution in [0.4, 0.5) is 5.69 Å². The molecule has 2 aromatic carbocycles. The Balaban J connectivity index is 0.00000320. The molecule has 0 aliphatic carbocycles. The van der Waals surface area contributed by atoms with Gasteiger partial charge < -0.3 is 20.9 Å². The van der Waals surface area contributed by atoms with E-state index in [4.69, 9.17) is 0 Å². The Morgan fingerprint density at radius 3 is 2.53 bits per heavy atom. The molecule has 0 saturated carbocycles. The van der Waals surface area contributed by atoms with Crippen LogP contribution in [0.3, 0.4) is 0 Å².